The van der Waals surface area contributed by atoms with E-state index >= 15 is 0 Å². The molecule has 1 aliphatic heterocycles. The lowest BCUT2D eigenvalue weighted by Gasteiger charge is -2.32. The highest BCUT2D eigenvalue weighted by molar-refractivity contribution is 5.78. The summed E-state index contributed by atoms with van der Waals surface area (Å²) >= 11 is 0. The monoisotopic (exact) mass is 365 g/mol. The molecule has 0 bridgehead atoms. The van der Waals surface area contributed by atoms with Crippen molar-refractivity contribution in [3.05, 3.63) is 17.7 Å². The molecule has 2 atom stereocenters. The van der Waals surface area contributed by atoms with Crippen LogP contribution >= 0.6 is 0 Å². The predicted molar refractivity (Wildman–Crippen MR) is 101 cm³/mol. The maximum atomic E-state index is 12.7. The summed E-state index contributed by atoms with van der Waals surface area (Å²) in [6.07, 6.45) is 2.07. The fraction of sp³-hybridized carbons (Fsp3) is 0.650. The van der Waals surface area contributed by atoms with Crippen LogP contribution in [0, 0.1) is 5.92 Å². The number of carbonyl (C=O) groups is 1. The molecule has 2 rings (SSSR count). The van der Waals surface area contributed by atoms with Gasteiger partial charge in [-0.2, -0.15) is 0 Å². The van der Waals surface area contributed by atoms with Gasteiger partial charge in [0.25, 0.3) is 0 Å². The summed E-state index contributed by atoms with van der Waals surface area (Å²) in [5.41, 5.74) is 1.13. The number of quaternary nitrogens is 1. The van der Waals surface area contributed by atoms with Gasteiger partial charge >= 0.3 is 0 Å². The highest BCUT2D eigenvalue weighted by Gasteiger charge is 2.31. The molecular formula is C20H33N2O4+. The Morgan fingerprint density at radius 3 is 2.23 bits per heavy atom. The van der Waals surface area contributed by atoms with Gasteiger partial charge in [-0.3, -0.25) is 4.79 Å². The summed E-state index contributed by atoms with van der Waals surface area (Å²) in [6, 6.07) is 4.01. The first-order valence-corrected chi connectivity index (χ1v) is 9.49. The molecule has 0 spiro atoms. The van der Waals surface area contributed by atoms with E-state index in [1.807, 2.05) is 30.9 Å². The third-order valence-electron chi connectivity index (χ3n) is 5.22. The smallest absolute Gasteiger partial charge is 0.231 e. The van der Waals surface area contributed by atoms with Gasteiger partial charge in [0.15, 0.2) is 11.5 Å². The summed E-state index contributed by atoms with van der Waals surface area (Å²) in [7, 11) is 4.88. The molecular weight excluding hydrogens is 332 g/mol. The van der Waals surface area contributed by atoms with E-state index in [2.05, 4.69) is 0 Å². The summed E-state index contributed by atoms with van der Waals surface area (Å²) in [5.74, 6) is 2.39. The first kappa shape index (κ1) is 20.4. The van der Waals surface area contributed by atoms with Gasteiger partial charge in [-0.15, -0.1) is 0 Å². The predicted octanol–water partition coefficient (Wildman–Crippen LogP) is 1.38. The summed E-state index contributed by atoms with van der Waals surface area (Å²) < 4.78 is 16.3. The van der Waals surface area contributed by atoms with Crippen LogP contribution in [0.4, 0.5) is 0 Å². The number of likely N-dealkylation sites (tertiary alicyclic amines) is 1. The molecule has 146 valence electrons. The van der Waals surface area contributed by atoms with Gasteiger partial charge in [0.1, 0.15) is 6.54 Å². The minimum Gasteiger partial charge on any atom is -0.493 e. The number of nitrogens with zero attached hydrogens (tertiary/aromatic N) is 1. The number of ether oxygens (including phenoxy) is 3. The quantitative estimate of drug-likeness (QED) is 0.756. The van der Waals surface area contributed by atoms with Crippen molar-refractivity contribution in [2.75, 3.05) is 47.5 Å². The third-order valence-corrected chi connectivity index (χ3v) is 5.22. The van der Waals surface area contributed by atoms with Crippen molar-refractivity contribution < 1.29 is 23.9 Å². The van der Waals surface area contributed by atoms with Crippen molar-refractivity contribution in [1.82, 2.24) is 4.90 Å². The number of hydrogen-bond donors (Lipinski definition) is 1. The summed E-state index contributed by atoms with van der Waals surface area (Å²) in [4.78, 5) is 16.1. The normalized spacial score (nSPS) is 19.7. The Kier molecular flexibility index (Phi) is 7.57. The number of methoxy groups -OCH3 is 3. The van der Waals surface area contributed by atoms with E-state index in [0.29, 0.717) is 23.2 Å². The van der Waals surface area contributed by atoms with E-state index in [1.54, 1.807) is 21.3 Å². The summed E-state index contributed by atoms with van der Waals surface area (Å²) in [5, 5.41) is 0. The van der Waals surface area contributed by atoms with Crippen molar-refractivity contribution in [2.45, 2.75) is 33.2 Å². The topological polar surface area (TPSA) is 52.4 Å². The lowest BCUT2D eigenvalue weighted by atomic mass is 9.96. The number of rotatable bonds is 8. The van der Waals surface area contributed by atoms with Gasteiger partial charge in [-0.25, -0.2) is 0 Å². The molecule has 1 aromatic rings. The third kappa shape index (κ3) is 4.61. The van der Waals surface area contributed by atoms with Gasteiger partial charge in [-0.1, -0.05) is 0 Å². The summed E-state index contributed by atoms with van der Waals surface area (Å²) in [6.45, 7) is 8.47. The minimum atomic E-state index is 0.126. The Balaban J connectivity index is 2.11. The Labute approximate surface area is 157 Å². The molecule has 1 saturated heterocycles. The van der Waals surface area contributed by atoms with Crippen LogP contribution in [0.1, 0.15) is 32.3 Å². The molecule has 1 aromatic carbocycles. The van der Waals surface area contributed by atoms with Crippen molar-refractivity contribution in [1.29, 1.82) is 0 Å². The van der Waals surface area contributed by atoms with Crippen LogP contribution in [0.3, 0.4) is 0 Å². The van der Waals surface area contributed by atoms with Gasteiger partial charge < -0.3 is 24.0 Å². The highest BCUT2D eigenvalue weighted by atomic mass is 16.5. The number of carbonyl (C=O) groups excluding carboxylic acids is 1. The lowest BCUT2D eigenvalue weighted by molar-refractivity contribution is -0.921. The number of amides is 1. The number of hydrogen-bond acceptors (Lipinski definition) is 4. The zero-order valence-corrected chi connectivity index (χ0v) is 16.8. The maximum absolute atomic E-state index is 12.7. The second-order valence-corrected chi connectivity index (χ2v) is 6.76. The molecule has 26 heavy (non-hydrogen) atoms. The van der Waals surface area contributed by atoms with Crippen LogP contribution in [0.2, 0.25) is 0 Å². The van der Waals surface area contributed by atoms with Crippen molar-refractivity contribution in [3.63, 3.8) is 0 Å². The fourth-order valence-electron chi connectivity index (χ4n) is 3.84. The lowest BCUT2D eigenvalue weighted by Crippen LogP contribution is -3.12. The van der Waals surface area contributed by atoms with Crippen molar-refractivity contribution in [2.24, 2.45) is 5.92 Å². The van der Waals surface area contributed by atoms with Crippen molar-refractivity contribution in [3.8, 4) is 17.2 Å². The SMILES string of the molecule is CCN(CC)C(=O)[C@H]1CCC[NH+](Cc2cc(OC)c(OC)c(OC)c2)C1. The van der Waals surface area contributed by atoms with Crippen LogP contribution in [0.5, 0.6) is 17.2 Å². The fourth-order valence-corrected chi connectivity index (χ4v) is 3.84. The molecule has 1 amide bonds. The molecule has 0 aromatic heterocycles. The second-order valence-electron chi connectivity index (χ2n) is 6.76. The average molecular weight is 365 g/mol. The number of benzene rings is 1. The zero-order chi connectivity index (χ0) is 19.1. The zero-order valence-electron chi connectivity index (χ0n) is 16.8. The maximum Gasteiger partial charge on any atom is 0.231 e. The number of nitrogens with one attached hydrogen (secondary N) is 1. The van der Waals surface area contributed by atoms with E-state index in [1.165, 1.54) is 4.90 Å². The Bertz CT molecular complexity index is 576. The second kappa shape index (κ2) is 9.67. The molecule has 1 unspecified atom stereocenters. The average Bonchev–Trinajstić information content (AvgIpc) is 2.68. The van der Waals surface area contributed by atoms with E-state index in [-0.39, 0.29) is 5.92 Å². The van der Waals surface area contributed by atoms with E-state index < -0.39 is 0 Å². The van der Waals surface area contributed by atoms with Gasteiger partial charge in [0.05, 0.1) is 40.3 Å². The van der Waals surface area contributed by atoms with E-state index in [0.717, 1.165) is 51.1 Å². The van der Waals surface area contributed by atoms with Crippen LogP contribution < -0.4 is 19.1 Å². The molecule has 1 heterocycles. The van der Waals surface area contributed by atoms with E-state index in [9.17, 15) is 4.79 Å². The molecule has 0 saturated carbocycles. The molecule has 6 heteroatoms. The Hall–Kier alpha value is -1.95. The van der Waals surface area contributed by atoms with Crippen LogP contribution in [0.15, 0.2) is 12.1 Å². The first-order valence-electron chi connectivity index (χ1n) is 9.49. The Morgan fingerprint density at radius 1 is 1.12 bits per heavy atom. The first-order chi connectivity index (χ1) is 12.6. The standard InChI is InChI=1S/C20H32N2O4/c1-6-22(7-2)20(23)16-9-8-10-21(14-16)13-15-11-17(24-3)19(26-5)18(12-15)25-4/h11-12,16H,6-10,13-14H2,1-5H3/p+1/t16-/m0/s1. The number of piperidine rings is 1. The molecule has 1 N–H and O–H groups in total. The molecule has 1 fully saturated rings. The molecule has 0 aliphatic carbocycles. The molecule has 6 nitrogen and oxygen atoms in total. The minimum absolute atomic E-state index is 0.126. The largest absolute Gasteiger partial charge is 0.493 e. The van der Waals surface area contributed by atoms with Crippen LogP contribution in [-0.4, -0.2) is 58.3 Å². The highest BCUT2D eigenvalue weighted by Crippen LogP contribution is 2.38. The molecule has 1 aliphatic rings. The van der Waals surface area contributed by atoms with Gasteiger partial charge in [0.2, 0.25) is 11.7 Å². The van der Waals surface area contributed by atoms with E-state index in [4.69, 9.17) is 14.2 Å². The van der Waals surface area contributed by atoms with Crippen LogP contribution in [0.25, 0.3) is 0 Å². The van der Waals surface area contributed by atoms with Crippen molar-refractivity contribution >= 4 is 5.91 Å². The molecule has 0 radical (unpaired) electrons. The van der Waals surface area contributed by atoms with Crippen LogP contribution in [-0.2, 0) is 11.3 Å². The Morgan fingerprint density at radius 2 is 1.73 bits per heavy atom. The van der Waals surface area contributed by atoms with Gasteiger partial charge in [-0.05, 0) is 38.8 Å². The van der Waals surface area contributed by atoms with Gasteiger partial charge in [0, 0.05) is 18.7 Å².